The van der Waals surface area contributed by atoms with Crippen molar-refractivity contribution >= 4 is 11.9 Å². The van der Waals surface area contributed by atoms with Crippen molar-refractivity contribution in [2.24, 2.45) is 5.92 Å². The third-order valence-electron chi connectivity index (χ3n) is 6.26. The summed E-state index contributed by atoms with van der Waals surface area (Å²) in [6.07, 6.45) is 16.9. The van der Waals surface area contributed by atoms with Crippen LogP contribution in [0, 0.1) is 5.92 Å². The zero-order chi connectivity index (χ0) is 24.9. The van der Waals surface area contributed by atoms with Crippen LogP contribution in [0.2, 0.25) is 0 Å². The number of ether oxygens (including phenoxy) is 3. The Morgan fingerprint density at radius 3 is 1.62 bits per heavy atom. The van der Waals surface area contributed by atoms with E-state index in [1.807, 2.05) is 0 Å². The monoisotopic (exact) mass is 476 g/mol. The number of carbonyl (C=O) groups excluding carboxylic acids is 2. The van der Waals surface area contributed by atoms with Gasteiger partial charge in [0.2, 0.25) is 0 Å². The average molecular weight is 477 g/mol. The summed E-state index contributed by atoms with van der Waals surface area (Å²) in [5, 5.41) is 0. The minimum Gasteiger partial charge on any atom is -0.462 e. The Bertz CT molecular complexity index is 658. The number of rotatable bonds is 21. The van der Waals surface area contributed by atoms with Gasteiger partial charge in [-0.15, -0.1) is 0 Å². The summed E-state index contributed by atoms with van der Waals surface area (Å²) >= 11 is 0. The Labute approximate surface area is 207 Å². The van der Waals surface area contributed by atoms with Crippen LogP contribution in [-0.4, -0.2) is 38.9 Å². The van der Waals surface area contributed by atoms with Crippen LogP contribution in [0.3, 0.4) is 0 Å². The molecular weight excluding hydrogens is 428 g/mol. The first-order valence-corrected chi connectivity index (χ1v) is 13.5. The number of esters is 2. The molecule has 0 saturated carbocycles. The Kier molecular flexibility index (Phi) is 18.2. The van der Waals surface area contributed by atoms with Crippen LogP contribution >= 0.6 is 0 Å². The molecule has 0 bridgehead atoms. The van der Waals surface area contributed by atoms with Gasteiger partial charge < -0.3 is 14.2 Å². The van der Waals surface area contributed by atoms with Gasteiger partial charge in [0, 0.05) is 13.7 Å². The average Bonchev–Trinajstić information content (AvgIpc) is 2.85. The molecule has 0 aliphatic rings. The molecule has 0 amide bonds. The van der Waals surface area contributed by atoms with Crippen LogP contribution in [-0.2, 0) is 14.2 Å². The van der Waals surface area contributed by atoms with E-state index in [9.17, 15) is 9.59 Å². The molecule has 5 heteroatoms. The second kappa shape index (κ2) is 20.5. The fraction of sp³-hybridized carbons (Fsp3) is 0.724. The quantitative estimate of drug-likeness (QED) is 0.134. The van der Waals surface area contributed by atoms with Crippen molar-refractivity contribution in [2.75, 3.05) is 26.9 Å². The number of benzene rings is 1. The van der Waals surface area contributed by atoms with Crippen molar-refractivity contribution in [1.29, 1.82) is 0 Å². The largest absolute Gasteiger partial charge is 0.462 e. The predicted octanol–water partition coefficient (Wildman–Crippen LogP) is 7.76. The smallest absolute Gasteiger partial charge is 0.339 e. The van der Waals surface area contributed by atoms with E-state index in [1.54, 1.807) is 31.4 Å². The highest BCUT2D eigenvalue weighted by atomic mass is 16.5. The van der Waals surface area contributed by atoms with Crippen LogP contribution in [0.1, 0.15) is 124 Å². The highest BCUT2D eigenvalue weighted by molar-refractivity contribution is 6.03. The number of carbonyl (C=O) groups is 2. The molecule has 0 saturated heterocycles. The first-order valence-electron chi connectivity index (χ1n) is 13.5. The van der Waals surface area contributed by atoms with Gasteiger partial charge in [0.25, 0.3) is 0 Å². The molecule has 1 atom stereocenters. The Morgan fingerprint density at radius 1 is 0.676 bits per heavy atom. The second-order valence-corrected chi connectivity index (χ2v) is 9.38. The van der Waals surface area contributed by atoms with Gasteiger partial charge in [-0.25, -0.2) is 9.59 Å². The molecule has 1 rings (SSSR count). The van der Waals surface area contributed by atoms with Crippen molar-refractivity contribution in [2.45, 2.75) is 104 Å². The summed E-state index contributed by atoms with van der Waals surface area (Å²) in [7, 11) is 1.68. The molecule has 0 spiro atoms. The summed E-state index contributed by atoms with van der Waals surface area (Å²) in [6.45, 7) is 5.77. The molecule has 34 heavy (non-hydrogen) atoms. The number of hydrogen-bond donors (Lipinski definition) is 0. The number of unbranched alkanes of at least 4 members (excludes halogenated alkanes) is 11. The van der Waals surface area contributed by atoms with E-state index < -0.39 is 11.9 Å². The maximum atomic E-state index is 12.5. The predicted molar refractivity (Wildman–Crippen MR) is 138 cm³/mol. The van der Waals surface area contributed by atoms with E-state index in [-0.39, 0.29) is 11.1 Å². The lowest BCUT2D eigenvalue weighted by Gasteiger charge is -2.12. The maximum absolute atomic E-state index is 12.5. The zero-order valence-electron chi connectivity index (χ0n) is 21.9. The molecule has 1 unspecified atom stereocenters. The minimum atomic E-state index is -0.475. The van der Waals surface area contributed by atoms with Gasteiger partial charge >= 0.3 is 11.9 Å². The summed E-state index contributed by atoms with van der Waals surface area (Å²) in [4.78, 5) is 25.0. The summed E-state index contributed by atoms with van der Waals surface area (Å²) in [5.74, 6) is -0.524. The molecule has 0 N–H and O–H groups in total. The van der Waals surface area contributed by atoms with Gasteiger partial charge in [0.15, 0.2) is 0 Å². The van der Waals surface area contributed by atoms with Crippen LogP contribution in [0.15, 0.2) is 24.3 Å². The topological polar surface area (TPSA) is 61.8 Å². The third kappa shape index (κ3) is 14.4. The molecule has 0 aromatic heterocycles. The first-order chi connectivity index (χ1) is 16.6. The van der Waals surface area contributed by atoms with Crippen molar-refractivity contribution in [1.82, 2.24) is 0 Å². The molecule has 1 aromatic rings. The Balaban J connectivity index is 2.20. The summed E-state index contributed by atoms with van der Waals surface area (Å²) in [6, 6.07) is 6.73. The lowest BCUT2D eigenvalue weighted by Crippen LogP contribution is -2.15. The highest BCUT2D eigenvalue weighted by Gasteiger charge is 2.19. The van der Waals surface area contributed by atoms with Crippen molar-refractivity contribution in [3.8, 4) is 0 Å². The summed E-state index contributed by atoms with van der Waals surface area (Å²) in [5.41, 5.74) is 0.547. The van der Waals surface area contributed by atoms with Crippen LogP contribution < -0.4 is 0 Å². The SMILES string of the molecule is CCCCCCCCCCCCCCOC(=O)c1ccccc1C(=O)OCCC(C)CCOC. The van der Waals surface area contributed by atoms with Crippen LogP contribution in [0.25, 0.3) is 0 Å². The number of methoxy groups -OCH3 is 1. The second-order valence-electron chi connectivity index (χ2n) is 9.38. The molecule has 0 radical (unpaired) electrons. The van der Waals surface area contributed by atoms with E-state index in [4.69, 9.17) is 14.2 Å². The van der Waals surface area contributed by atoms with Gasteiger partial charge in [0.05, 0.1) is 24.3 Å². The van der Waals surface area contributed by atoms with Crippen molar-refractivity contribution in [3.63, 3.8) is 0 Å². The Morgan fingerprint density at radius 2 is 1.12 bits per heavy atom. The normalized spacial score (nSPS) is 11.9. The number of hydrogen-bond acceptors (Lipinski definition) is 5. The van der Waals surface area contributed by atoms with Gasteiger partial charge in [-0.2, -0.15) is 0 Å². The van der Waals surface area contributed by atoms with Gasteiger partial charge in [-0.3, -0.25) is 0 Å². The first kappa shape index (κ1) is 30.2. The van der Waals surface area contributed by atoms with Gasteiger partial charge in [-0.05, 0) is 37.3 Å². The highest BCUT2D eigenvalue weighted by Crippen LogP contribution is 2.15. The fourth-order valence-electron chi connectivity index (χ4n) is 3.92. The molecule has 5 nitrogen and oxygen atoms in total. The molecule has 0 aliphatic carbocycles. The molecule has 0 heterocycles. The minimum absolute atomic E-state index is 0.270. The lowest BCUT2D eigenvalue weighted by atomic mass is 10.1. The van der Waals surface area contributed by atoms with Crippen LogP contribution in [0.4, 0.5) is 0 Å². The van der Waals surface area contributed by atoms with E-state index >= 15 is 0 Å². The maximum Gasteiger partial charge on any atom is 0.339 e. The zero-order valence-corrected chi connectivity index (χ0v) is 21.9. The van der Waals surface area contributed by atoms with E-state index in [2.05, 4.69) is 13.8 Å². The fourth-order valence-corrected chi connectivity index (χ4v) is 3.92. The summed E-state index contributed by atoms with van der Waals surface area (Å²) < 4.78 is 15.9. The van der Waals surface area contributed by atoms with Gasteiger partial charge in [0.1, 0.15) is 0 Å². The molecule has 1 aromatic carbocycles. The molecule has 0 aliphatic heterocycles. The standard InChI is InChI=1S/C29H48O5/c1-4-5-6-7-8-9-10-11-12-13-14-17-22-33-28(30)26-18-15-16-19-27(26)29(31)34-24-21-25(2)20-23-32-3/h15-16,18-19,25H,4-14,17,20-24H2,1-3H3. The molecular formula is C29H48O5. The van der Waals surface area contributed by atoms with E-state index in [0.717, 1.165) is 25.7 Å². The van der Waals surface area contributed by atoms with Crippen molar-refractivity contribution < 1.29 is 23.8 Å². The van der Waals surface area contributed by atoms with E-state index in [1.165, 1.54) is 64.2 Å². The lowest BCUT2D eigenvalue weighted by molar-refractivity contribution is 0.0440. The van der Waals surface area contributed by atoms with Crippen molar-refractivity contribution in [3.05, 3.63) is 35.4 Å². The third-order valence-corrected chi connectivity index (χ3v) is 6.26. The molecule has 0 fully saturated rings. The van der Waals surface area contributed by atoms with E-state index in [0.29, 0.717) is 25.7 Å². The van der Waals surface area contributed by atoms with Crippen LogP contribution in [0.5, 0.6) is 0 Å². The molecule has 194 valence electrons. The Hall–Kier alpha value is -1.88. The van der Waals surface area contributed by atoms with Gasteiger partial charge in [-0.1, -0.05) is 96.6 Å².